The quantitative estimate of drug-likeness (QED) is 0.627. The number of pyridine rings is 1. The van der Waals surface area contributed by atoms with Crippen molar-refractivity contribution in [2.75, 3.05) is 13.2 Å². The van der Waals surface area contributed by atoms with Gasteiger partial charge in [-0.05, 0) is 25.1 Å². The van der Waals surface area contributed by atoms with Crippen molar-refractivity contribution in [1.82, 2.24) is 10.3 Å². The van der Waals surface area contributed by atoms with E-state index in [1.807, 2.05) is 0 Å². The molecule has 0 aliphatic rings. The van der Waals surface area contributed by atoms with Gasteiger partial charge in [0.2, 0.25) is 0 Å². The zero-order chi connectivity index (χ0) is 12.0. The van der Waals surface area contributed by atoms with Crippen LogP contribution in [0.2, 0.25) is 0 Å². The Bertz CT molecular complexity index is 325. The molecule has 0 bridgehead atoms. The third-order valence-corrected chi connectivity index (χ3v) is 1.98. The first-order chi connectivity index (χ1) is 7.55. The van der Waals surface area contributed by atoms with E-state index in [1.165, 1.54) is 12.3 Å². The fourth-order valence-corrected chi connectivity index (χ4v) is 1.24. The second-order valence-electron chi connectivity index (χ2n) is 3.21. The molecule has 1 aromatic rings. The standard InChI is InChI=1S/C10H12F4N2/c11-4-2-5-15-7-9-8(10(12,13)14)3-1-6-16-9/h1,3,6,15H,2,4-5,7H2. The first kappa shape index (κ1) is 12.9. The molecule has 0 fully saturated rings. The number of nitrogens with zero attached hydrogens (tertiary/aromatic N) is 1. The summed E-state index contributed by atoms with van der Waals surface area (Å²) >= 11 is 0. The Kier molecular flexibility index (Phi) is 4.67. The highest BCUT2D eigenvalue weighted by atomic mass is 19.4. The summed E-state index contributed by atoms with van der Waals surface area (Å²) < 4.78 is 49.2. The number of hydrogen-bond acceptors (Lipinski definition) is 2. The van der Waals surface area contributed by atoms with Crippen molar-refractivity contribution in [3.63, 3.8) is 0 Å². The Balaban J connectivity index is 2.65. The van der Waals surface area contributed by atoms with Crippen molar-refractivity contribution in [3.8, 4) is 0 Å². The minimum absolute atomic E-state index is 0.00428. The SMILES string of the molecule is FCCCNCc1ncccc1C(F)(F)F. The summed E-state index contributed by atoms with van der Waals surface area (Å²) in [7, 11) is 0. The van der Waals surface area contributed by atoms with Gasteiger partial charge in [0.15, 0.2) is 0 Å². The van der Waals surface area contributed by atoms with Gasteiger partial charge in [-0.2, -0.15) is 13.2 Å². The van der Waals surface area contributed by atoms with E-state index in [1.54, 1.807) is 0 Å². The third-order valence-electron chi connectivity index (χ3n) is 1.98. The van der Waals surface area contributed by atoms with E-state index in [2.05, 4.69) is 10.3 Å². The lowest BCUT2D eigenvalue weighted by atomic mass is 10.2. The van der Waals surface area contributed by atoms with Crippen LogP contribution in [0.1, 0.15) is 17.7 Å². The molecule has 2 nitrogen and oxygen atoms in total. The van der Waals surface area contributed by atoms with Gasteiger partial charge in [0.25, 0.3) is 0 Å². The summed E-state index contributed by atoms with van der Waals surface area (Å²) in [5, 5.41) is 2.71. The highest BCUT2D eigenvalue weighted by Gasteiger charge is 2.33. The van der Waals surface area contributed by atoms with Crippen LogP contribution in [0.25, 0.3) is 0 Å². The minimum atomic E-state index is -4.40. The topological polar surface area (TPSA) is 24.9 Å². The minimum Gasteiger partial charge on any atom is -0.311 e. The maximum absolute atomic E-state index is 12.5. The largest absolute Gasteiger partial charge is 0.418 e. The molecule has 1 heterocycles. The van der Waals surface area contributed by atoms with E-state index in [-0.39, 0.29) is 18.7 Å². The van der Waals surface area contributed by atoms with Gasteiger partial charge in [-0.15, -0.1) is 0 Å². The number of alkyl halides is 4. The van der Waals surface area contributed by atoms with Crippen molar-refractivity contribution < 1.29 is 17.6 Å². The summed E-state index contributed by atoms with van der Waals surface area (Å²) in [6, 6.07) is 2.23. The fraction of sp³-hybridized carbons (Fsp3) is 0.500. The average molecular weight is 236 g/mol. The van der Waals surface area contributed by atoms with Crippen LogP contribution in [0.3, 0.4) is 0 Å². The normalized spacial score (nSPS) is 11.8. The van der Waals surface area contributed by atoms with Gasteiger partial charge in [-0.25, -0.2) is 0 Å². The molecule has 0 saturated carbocycles. The molecule has 0 aliphatic heterocycles. The van der Waals surface area contributed by atoms with Crippen LogP contribution in [0, 0.1) is 0 Å². The van der Waals surface area contributed by atoms with Crippen LogP contribution in [-0.2, 0) is 12.7 Å². The Morgan fingerprint density at radius 2 is 2.06 bits per heavy atom. The average Bonchev–Trinajstić information content (AvgIpc) is 2.24. The summed E-state index contributed by atoms with van der Waals surface area (Å²) in [5.74, 6) is 0. The zero-order valence-corrected chi connectivity index (χ0v) is 8.52. The lowest BCUT2D eigenvalue weighted by Gasteiger charge is -2.11. The first-order valence-corrected chi connectivity index (χ1v) is 4.83. The molecule has 1 rings (SSSR count). The summed E-state index contributed by atoms with van der Waals surface area (Å²) in [5.41, 5.74) is -0.809. The maximum atomic E-state index is 12.5. The van der Waals surface area contributed by atoms with Gasteiger partial charge in [0.05, 0.1) is 17.9 Å². The Labute approximate surface area is 90.7 Å². The van der Waals surface area contributed by atoms with Crippen LogP contribution in [0.5, 0.6) is 0 Å². The van der Waals surface area contributed by atoms with E-state index < -0.39 is 18.4 Å². The molecule has 1 N–H and O–H groups in total. The predicted octanol–water partition coefficient (Wildman–Crippen LogP) is 2.55. The molecule has 16 heavy (non-hydrogen) atoms. The molecule has 0 amide bonds. The van der Waals surface area contributed by atoms with Crippen LogP contribution >= 0.6 is 0 Å². The molecule has 1 aromatic heterocycles. The summed E-state index contributed by atoms with van der Waals surface area (Å²) in [6.45, 7) is -0.151. The Morgan fingerprint density at radius 1 is 1.31 bits per heavy atom. The Morgan fingerprint density at radius 3 is 2.69 bits per heavy atom. The van der Waals surface area contributed by atoms with Crippen LogP contribution in [0.15, 0.2) is 18.3 Å². The van der Waals surface area contributed by atoms with Gasteiger partial charge in [-0.3, -0.25) is 9.37 Å². The number of rotatable bonds is 5. The molecule has 0 saturated heterocycles. The van der Waals surface area contributed by atoms with Gasteiger partial charge in [0, 0.05) is 12.7 Å². The third kappa shape index (κ3) is 3.77. The van der Waals surface area contributed by atoms with Crippen LogP contribution in [0.4, 0.5) is 17.6 Å². The molecule has 0 atom stereocenters. The van der Waals surface area contributed by atoms with E-state index >= 15 is 0 Å². The fourth-order valence-electron chi connectivity index (χ4n) is 1.24. The van der Waals surface area contributed by atoms with Crippen molar-refractivity contribution >= 4 is 0 Å². The number of aromatic nitrogens is 1. The molecular weight excluding hydrogens is 224 g/mol. The van der Waals surface area contributed by atoms with Gasteiger partial charge >= 0.3 is 6.18 Å². The van der Waals surface area contributed by atoms with E-state index in [4.69, 9.17) is 0 Å². The number of halogens is 4. The van der Waals surface area contributed by atoms with Crippen LogP contribution in [-0.4, -0.2) is 18.2 Å². The number of hydrogen-bond donors (Lipinski definition) is 1. The second kappa shape index (κ2) is 5.79. The van der Waals surface area contributed by atoms with E-state index in [9.17, 15) is 17.6 Å². The summed E-state index contributed by atoms with van der Waals surface area (Å²) in [6.07, 6.45) is -2.80. The van der Waals surface area contributed by atoms with Gasteiger partial charge in [0.1, 0.15) is 0 Å². The van der Waals surface area contributed by atoms with E-state index in [0.29, 0.717) is 6.54 Å². The highest BCUT2D eigenvalue weighted by Crippen LogP contribution is 2.30. The zero-order valence-electron chi connectivity index (χ0n) is 8.52. The monoisotopic (exact) mass is 236 g/mol. The van der Waals surface area contributed by atoms with Gasteiger partial charge in [-0.1, -0.05) is 0 Å². The highest BCUT2D eigenvalue weighted by molar-refractivity contribution is 5.22. The molecule has 0 radical (unpaired) electrons. The molecular formula is C10H12F4N2. The van der Waals surface area contributed by atoms with Gasteiger partial charge < -0.3 is 5.32 Å². The molecule has 0 spiro atoms. The Hall–Kier alpha value is -1.17. The van der Waals surface area contributed by atoms with Crippen LogP contribution < -0.4 is 5.32 Å². The first-order valence-electron chi connectivity index (χ1n) is 4.83. The van der Waals surface area contributed by atoms with Crippen molar-refractivity contribution in [2.24, 2.45) is 0 Å². The van der Waals surface area contributed by atoms with Crippen molar-refractivity contribution in [1.29, 1.82) is 0 Å². The summed E-state index contributed by atoms with van der Waals surface area (Å²) in [4.78, 5) is 3.67. The predicted molar refractivity (Wildman–Crippen MR) is 51.5 cm³/mol. The second-order valence-corrected chi connectivity index (χ2v) is 3.21. The van der Waals surface area contributed by atoms with Crippen molar-refractivity contribution in [3.05, 3.63) is 29.6 Å². The molecule has 0 aliphatic carbocycles. The maximum Gasteiger partial charge on any atom is 0.418 e. The van der Waals surface area contributed by atoms with E-state index in [0.717, 1.165) is 6.07 Å². The van der Waals surface area contributed by atoms with Crippen molar-refractivity contribution in [2.45, 2.75) is 19.1 Å². The lowest BCUT2D eigenvalue weighted by Crippen LogP contribution is -2.20. The lowest BCUT2D eigenvalue weighted by molar-refractivity contribution is -0.138. The molecule has 0 aromatic carbocycles. The smallest absolute Gasteiger partial charge is 0.311 e. The number of nitrogens with one attached hydrogen (secondary N) is 1. The molecule has 90 valence electrons. The molecule has 0 unspecified atom stereocenters. The molecule has 6 heteroatoms.